The van der Waals surface area contributed by atoms with Gasteiger partial charge in [0, 0.05) is 11.1 Å². The highest BCUT2D eigenvalue weighted by atomic mass is 35.5. The number of halogens is 1. The number of aryl methyl sites for hydroxylation is 1. The van der Waals surface area contributed by atoms with Crippen LogP contribution in [-0.2, 0) is 0 Å². The van der Waals surface area contributed by atoms with Gasteiger partial charge in [-0.3, -0.25) is 5.84 Å². The third-order valence-electron chi connectivity index (χ3n) is 2.41. The Bertz CT molecular complexity index is 466. The monoisotopic (exact) mass is 253 g/mol. The van der Waals surface area contributed by atoms with E-state index in [1.165, 1.54) is 10.4 Å². The first-order valence-corrected chi connectivity index (χ1v) is 6.09. The molecule has 1 unspecified atom stereocenters. The number of hydrazine groups is 1. The number of hydrogen-bond donors (Lipinski definition) is 2. The van der Waals surface area contributed by atoms with E-state index in [-0.39, 0.29) is 6.04 Å². The summed E-state index contributed by atoms with van der Waals surface area (Å²) in [5, 5.41) is 2.54. The van der Waals surface area contributed by atoms with E-state index >= 15 is 0 Å². The fourth-order valence-corrected chi connectivity index (χ4v) is 2.69. The van der Waals surface area contributed by atoms with Gasteiger partial charge < -0.3 is 0 Å². The largest absolute Gasteiger partial charge is 0.271 e. The van der Waals surface area contributed by atoms with E-state index in [4.69, 9.17) is 17.4 Å². The Morgan fingerprint density at radius 3 is 2.75 bits per heavy atom. The van der Waals surface area contributed by atoms with Crippen molar-refractivity contribution in [2.45, 2.75) is 13.0 Å². The van der Waals surface area contributed by atoms with E-state index < -0.39 is 0 Å². The Morgan fingerprint density at radius 2 is 2.25 bits per heavy atom. The average molecular weight is 254 g/mol. The molecule has 0 bridgehead atoms. The summed E-state index contributed by atoms with van der Waals surface area (Å²) in [6.07, 6.45) is 1.74. The van der Waals surface area contributed by atoms with Crippen LogP contribution < -0.4 is 11.3 Å². The van der Waals surface area contributed by atoms with Crippen LogP contribution >= 0.6 is 22.9 Å². The molecule has 0 saturated heterocycles. The Balaban J connectivity index is 2.37. The summed E-state index contributed by atoms with van der Waals surface area (Å²) in [5.41, 5.74) is 5.04. The number of pyridine rings is 1. The standard InChI is InChI=1S/C11H12ClN3S/c1-7-4-5-16-11(7)10(15-13)8-2-3-9(12)14-6-8/h2-6,10,15H,13H2,1H3. The molecule has 0 aromatic carbocycles. The van der Waals surface area contributed by atoms with Crippen LogP contribution in [0.2, 0.25) is 5.15 Å². The molecule has 5 heteroatoms. The lowest BCUT2D eigenvalue weighted by Gasteiger charge is -2.15. The number of hydrogen-bond acceptors (Lipinski definition) is 4. The first-order chi connectivity index (χ1) is 7.72. The second-order valence-corrected chi connectivity index (χ2v) is 4.82. The van der Waals surface area contributed by atoms with Crippen LogP contribution in [-0.4, -0.2) is 4.98 Å². The van der Waals surface area contributed by atoms with Crippen molar-refractivity contribution >= 4 is 22.9 Å². The lowest BCUT2D eigenvalue weighted by molar-refractivity contribution is 0.641. The molecule has 0 aliphatic carbocycles. The fourth-order valence-electron chi connectivity index (χ4n) is 1.56. The molecule has 3 N–H and O–H groups in total. The van der Waals surface area contributed by atoms with Crippen LogP contribution in [0.15, 0.2) is 29.8 Å². The zero-order chi connectivity index (χ0) is 11.5. The third-order valence-corrected chi connectivity index (χ3v) is 3.72. The summed E-state index contributed by atoms with van der Waals surface area (Å²) in [5.74, 6) is 5.60. The van der Waals surface area contributed by atoms with E-state index in [1.807, 2.05) is 6.07 Å². The van der Waals surface area contributed by atoms with Gasteiger partial charge in [0.05, 0.1) is 6.04 Å². The van der Waals surface area contributed by atoms with Gasteiger partial charge in [-0.1, -0.05) is 17.7 Å². The lowest BCUT2D eigenvalue weighted by Crippen LogP contribution is -2.28. The van der Waals surface area contributed by atoms with Gasteiger partial charge in [0.25, 0.3) is 0 Å². The second kappa shape index (κ2) is 4.93. The molecule has 0 amide bonds. The third kappa shape index (κ3) is 2.25. The molecule has 0 radical (unpaired) electrons. The highest BCUT2D eigenvalue weighted by Crippen LogP contribution is 2.28. The van der Waals surface area contributed by atoms with Crippen LogP contribution in [0, 0.1) is 6.92 Å². The maximum absolute atomic E-state index is 5.76. The molecular weight excluding hydrogens is 242 g/mol. The van der Waals surface area contributed by atoms with Crippen molar-refractivity contribution in [2.75, 3.05) is 0 Å². The summed E-state index contributed by atoms with van der Waals surface area (Å²) in [6, 6.07) is 5.75. The van der Waals surface area contributed by atoms with Crippen molar-refractivity contribution < 1.29 is 0 Å². The maximum Gasteiger partial charge on any atom is 0.129 e. The Morgan fingerprint density at radius 1 is 1.44 bits per heavy atom. The van der Waals surface area contributed by atoms with Crippen LogP contribution in [0.25, 0.3) is 0 Å². The van der Waals surface area contributed by atoms with Crippen molar-refractivity contribution in [3.63, 3.8) is 0 Å². The lowest BCUT2D eigenvalue weighted by atomic mass is 10.1. The number of nitrogens with two attached hydrogens (primary N) is 1. The Labute approximate surface area is 103 Å². The summed E-state index contributed by atoms with van der Waals surface area (Å²) in [7, 11) is 0. The Kier molecular flexibility index (Phi) is 3.56. The maximum atomic E-state index is 5.76. The topological polar surface area (TPSA) is 50.9 Å². The molecule has 2 heterocycles. The zero-order valence-corrected chi connectivity index (χ0v) is 10.3. The molecule has 0 aliphatic heterocycles. The SMILES string of the molecule is Cc1ccsc1C(NN)c1ccc(Cl)nc1. The van der Waals surface area contributed by atoms with E-state index in [2.05, 4.69) is 28.8 Å². The first kappa shape index (κ1) is 11.5. The van der Waals surface area contributed by atoms with Gasteiger partial charge >= 0.3 is 0 Å². The molecule has 1 atom stereocenters. The quantitative estimate of drug-likeness (QED) is 0.502. The molecule has 0 fully saturated rings. The molecular formula is C11H12ClN3S. The van der Waals surface area contributed by atoms with Crippen molar-refractivity contribution in [3.8, 4) is 0 Å². The number of nitrogens with zero attached hydrogens (tertiary/aromatic N) is 1. The van der Waals surface area contributed by atoms with Crippen LogP contribution in [0.5, 0.6) is 0 Å². The molecule has 0 spiro atoms. The van der Waals surface area contributed by atoms with E-state index in [9.17, 15) is 0 Å². The highest BCUT2D eigenvalue weighted by molar-refractivity contribution is 7.10. The molecule has 3 nitrogen and oxygen atoms in total. The second-order valence-electron chi connectivity index (χ2n) is 3.48. The van der Waals surface area contributed by atoms with Crippen molar-refractivity contribution in [1.29, 1.82) is 0 Å². The van der Waals surface area contributed by atoms with Crippen LogP contribution in [0.1, 0.15) is 22.0 Å². The van der Waals surface area contributed by atoms with Crippen LogP contribution in [0.4, 0.5) is 0 Å². The summed E-state index contributed by atoms with van der Waals surface area (Å²) < 4.78 is 0. The average Bonchev–Trinajstić information content (AvgIpc) is 2.69. The van der Waals surface area contributed by atoms with Gasteiger partial charge in [0.1, 0.15) is 5.15 Å². The molecule has 2 aromatic rings. The minimum Gasteiger partial charge on any atom is -0.271 e. The normalized spacial score (nSPS) is 12.7. The van der Waals surface area contributed by atoms with Gasteiger partial charge in [0.2, 0.25) is 0 Å². The molecule has 2 rings (SSSR count). The van der Waals surface area contributed by atoms with E-state index in [1.54, 1.807) is 23.6 Å². The molecule has 0 aliphatic rings. The summed E-state index contributed by atoms with van der Waals surface area (Å²) in [4.78, 5) is 5.26. The van der Waals surface area contributed by atoms with E-state index in [0.29, 0.717) is 5.15 Å². The number of aromatic nitrogens is 1. The summed E-state index contributed by atoms with van der Waals surface area (Å²) >= 11 is 7.43. The highest BCUT2D eigenvalue weighted by Gasteiger charge is 2.15. The molecule has 84 valence electrons. The molecule has 16 heavy (non-hydrogen) atoms. The van der Waals surface area contributed by atoms with E-state index in [0.717, 1.165) is 5.56 Å². The minimum atomic E-state index is -0.0234. The van der Waals surface area contributed by atoms with Gasteiger partial charge in [-0.05, 0) is 35.6 Å². The van der Waals surface area contributed by atoms with Gasteiger partial charge in [-0.15, -0.1) is 11.3 Å². The van der Waals surface area contributed by atoms with Gasteiger partial charge in [0.15, 0.2) is 0 Å². The summed E-state index contributed by atoms with van der Waals surface area (Å²) in [6.45, 7) is 2.07. The van der Waals surface area contributed by atoms with Crippen LogP contribution in [0.3, 0.4) is 0 Å². The van der Waals surface area contributed by atoms with Crippen molar-refractivity contribution in [2.24, 2.45) is 5.84 Å². The predicted octanol–water partition coefficient (Wildman–Crippen LogP) is 2.66. The molecule has 2 aromatic heterocycles. The molecule has 0 saturated carbocycles. The zero-order valence-electron chi connectivity index (χ0n) is 8.77. The van der Waals surface area contributed by atoms with Gasteiger partial charge in [-0.25, -0.2) is 10.4 Å². The van der Waals surface area contributed by atoms with Crippen molar-refractivity contribution in [3.05, 3.63) is 50.9 Å². The number of thiophene rings is 1. The van der Waals surface area contributed by atoms with Gasteiger partial charge in [-0.2, -0.15) is 0 Å². The minimum absolute atomic E-state index is 0.0234. The number of nitrogens with one attached hydrogen (secondary N) is 1. The fraction of sp³-hybridized carbons (Fsp3) is 0.182. The number of rotatable bonds is 3. The van der Waals surface area contributed by atoms with Crippen molar-refractivity contribution in [1.82, 2.24) is 10.4 Å². The predicted molar refractivity (Wildman–Crippen MR) is 67.5 cm³/mol. The Hall–Kier alpha value is -0.940. The first-order valence-electron chi connectivity index (χ1n) is 4.84. The smallest absolute Gasteiger partial charge is 0.129 e.